The molecule has 4 aromatic carbocycles. The largest absolute Gasteiger partial charge is 0.0826 e. The predicted molar refractivity (Wildman–Crippen MR) is 115 cm³/mol. The summed E-state index contributed by atoms with van der Waals surface area (Å²) in [5.41, 5.74) is 1.29. The van der Waals surface area contributed by atoms with Crippen LogP contribution >= 0.6 is 6.04 Å². The highest BCUT2D eigenvalue weighted by Crippen LogP contribution is 2.44. The Morgan fingerprint density at radius 3 is 1.60 bits per heavy atom. The molecule has 0 aliphatic rings. The molecule has 0 fully saturated rings. The van der Waals surface area contributed by atoms with Gasteiger partial charge in [0, 0.05) is 11.3 Å². The third-order valence-corrected chi connectivity index (χ3v) is 9.67. The van der Waals surface area contributed by atoms with Crippen molar-refractivity contribution in [1.82, 2.24) is 0 Å². The molecule has 0 saturated carbocycles. The van der Waals surface area contributed by atoms with E-state index >= 15 is 0 Å². The van der Waals surface area contributed by atoms with E-state index in [0.29, 0.717) is 0 Å². The normalized spacial score (nSPS) is 11.6. The highest BCUT2D eigenvalue weighted by atomic mass is 32.4. The number of hydrogen-bond acceptors (Lipinski definition) is 1. The van der Waals surface area contributed by atoms with Crippen LogP contribution in [0.2, 0.25) is 0 Å². The first kappa shape index (κ1) is 16.3. The van der Waals surface area contributed by atoms with Gasteiger partial charge in [0.15, 0.2) is 0 Å². The molecule has 0 nitrogen and oxygen atoms in total. The molecule has 0 radical (unpaired) electrons. The van der Waals surface area contributed by atoms with E-state index in [4.69, 9.17) is 11.8 Å². The molecule has 0 aliphatic carbocycles. The van der Waals surface area contributed by atoms with Gasteiger partial charge in [0.1, 0.15) is 0 Å². The second-order valence-corrected chi connectivity index (χ2v) is 10.6. The summed E-state index contributed by atoms with van der Waals surface area (Å²) in [6, 6.07) is 32.2. The molecule has 0 heterocycles. The molecule has 0 aromatic heterocycles. The van der Waals surface area contributed by atoms with Gasteiger partial charge in [-0.15, -0.1) is 0 Å². The molecule has 0 spiro atoms. The van der Waals surface area contributed by atoms with Crippen molar-refractivity contribution in [3.8, 4) is 0 Å². The maximum atomic E-state index is 6.48. The fraction of sp³-hybridized carbons (Fsp3) is 0.0435. The zero-order valence-electron chi connectivity index (χ0n) is 14.1. The van der Waals surface area contributed by atoms with Crippen LogP contribution in [0.25, 0.3) is 10.8 Å². The monoisotopic (exact) mass is 358 g/mol. The Morgan fingerprint density at radius 2 is 1.04 bits per heavy atom. The molecule has 0 aliphatic heterocycles. The first-order valence-corrected chi connectivity index (χ1v) is 11.2. The van der Waals surface area contributed by atoms with Crippen LogP contribution in [-0.2, 0) is 11.8 Å². The Morgan fingerprint density at radius 1 is 0.560 bits per heavy atom. The van der Waals surface area contributed by atoms with Gasteiger partial charge < -0.3 is 0 Å². The third kappa shape index (κ3) is 2.74. The summed E-state index contributed by atoms with van der Waals surface area (Å²) in [7, 11) is 0. The molecule has 0 bridgehead atoms. The molecule has 25 heavy (non-hydrogen) atoms. The third-order valence-electron chi connectivity index (χ3n) is 4.70. The van der Waals surface area contributed by atoms with Crippen LogP contribution < -0.4 is 15.9 Å². The Hall–Kier alpha value is -2.21. The van der Waals surface area contributed by atoms with Gasteiger partial charge in [-0.25, -0.2) is 0 Å². The fourth-order valence-corrected chi connectivity index (χ4v) is 7.48. The zero-order valence-corrected chi connectivity index (χ0v) is 15.8. The quantitative estimate of drug-likeness (QED) is 0.469. The van der Waals surface area contributed by atoms with E-state index in [9.17, 15) is 0 Å². The Balaban J connectivity index is 2.11. The lowest BCUT2D eigenvalue weighted by Gasteiger charge is -2.26. The molecule has 122 valence electrons. The molecule has 0 unspecified atom stereocenters. The van der Waals surface area contributed by atoms with Crippen molar-refractivity contribution in [2.45, 2.75) is 6.92 Å². The highest BCUT2D eigenvalue weighted by Gasteiger charge is 2.26. The van der Waals surface area contributed by atoms with Crippen molar-refractivity contribution < 1.29 is 0 Å². The van der Waals surface area contributed by atoms with Gasteiger partial charge in [-0.3, -0.25) is 0 Å². The maximum Gasteiger partial charge on any atom is 0.0385 e. The van der Waals surface area contributed by atoms with Gasteiger partial charge in [0.2, 0.25) is 0 Å². The second-order valence-electron chi connectivity index (χ2n) is 6.23. The summed E-state index contributed by atoms with van der Waals surface area (Å²) >= 11 is 6.48. The highest BCUT2D eigenvalue weighted by molar-refractivity contribution is 8.25. The SMILES string of the molecule is Cc1ccc(P(=S)(c2ccccc2)c2ccccc2)c2ccccc12. The molecule has 4 aromatic rings. The van der Waals surface area contributed by atoms with Crippen LogP contribution in [0.1, 0.15) is 5.56 Å². The number of aryl methyl sites for hydroxylation is 1. The second kappa shape index (κ2) is 6.59. The van der Waals surface area contributed by atoms with Crippen molar-refractivity contribution in [2.24, 2.45) is 0 Å². The minimum atomic E-state index is -2.11. The molecule has 0 atom stereocenters. The summed E-state index contributed by atoms with van der Waals surface area (Å²) in [6.07, 6.45) is 0. The zero-order chi connectivity index (χ0) is 17.3. The van der Waals surface area contributed by atoms with Gasteiger partial charge in [0.25, 0.3) is 0 Å². The van der Waals surface area contributed by atoms with Crippen LogP contribution in [0.15, 0.2) is 97.1 Å². The average Bonchev–Trinajstić information content (AvgIpc) is 2.69. The van der Waals surface area contributed by atoms with Crippen LogP contribution in [0.3, 0.4) is 0 Å². The lowest BCUT2D eigenvalue weighted by Crippen LogP contribution is -2.25. The van der Waals surface area contributed by atoms with Crippen molar-refractivity contribution in [3.63, 3.8) is 0 Å². The summed E-state index contributed by atoms with van der Waals surface area (Å²) in [6.45, 7) is 2.17. The van der Waals surface area contributed by atoms with Crippen LogP contribution in [-0.4, -0.2) is 0 Å². The van der Waals surface area contributed by atoms with E-state index in [-0.39, 0.29) is 0 Å². The molecule has 0 amide bonds. The van der Waals surface area contributed by atoms with Crippen LogP contribution in [0.4, 0.5) is 0 Å². The number of benzene rings is 4. The van der Waals surface area contributed by atoms with E-state index in [2.05, 4.69) is 104 Å². The van der Waals surface area contributed by atoms with Gasteiger partial charge in [0.05, 0.1) is 0 Å². The van der Waals surface area contributed by atoms with E-state index in [1.165, 1.54) is 32.2 Å². The van der Waals surface area contributed by atoms with E-state index in [1.54, 1.807) is 0 Å². The van der Waals surface area contributed by atoms with E-state index in [1.807, 2.05) is 0 Å². The topological polar surface area (TPSA) is 0 Å². The molecule has 0 N–H and O–H groups in total. The minimum absolute atomic E-state index is 1.24. The molecule has 2 heteroatoms. The summed E-state index contributed by atoms with van der Waals surface area (Å²) < 4.78 is 0. The van der Waals surface area contributed by atoms with Gasteiger partial charge >= 0.3 is 0 Å². The summed E-state index contributed by atoms with van der Waals surface area (Å²) in [4.78, 5) is 0. The molecular weight excluding hydrogens is 339 g/mol. The van der Waals surface area contributed by atoms with Crippen LogP contribution in [0, 0.1) is 6.92 Å². The lowest BCUT2D eigenvalue weighted by molar-refractivity contribution is 1.54. The number of rotatable bonds is 3. The van der Waals surface area contributed by atoms with E-state index < -0.39 is 6.04 Å². The first-order valence-electron chi connectivity index (χ1n) is 8.41. The average molecular weight is 358 g/mol. The van der Waals surface area contributed by atoms with Gasteiger partial charge in [-0.1, -0.05) is 109 Å². The Kier molecular flexibility index (Phi) is 4.29. The minimum Gasteiger partial charge on any atom is -0.0826 e. The standard InChI is InChI=1S/C23H19PS/c1-18-16-17-23(22-15-9-8-14-21(18)22)24(25,19-10-4-2-5-11-19)20-12-6-3-7-13-20/h2-17H,1H3. The number of hydrogen-bond donors (Lipinski definition) is 0. The molecule has 4 rings (SSSR count). The van der Waals surface area contributed by atoms with Gasteiger partial charge in [-0.05, 0) is 33.9 Å². The van der Waals surface area contributed by atoms with Crippen LogP contribution in [0.5, 0.6) is 0 Å². The Labute approximate surface area is 154 Å². The fourth-order valence-electron chi connectivity index (χ4n) is 3.41. The smallest absolute Gasteiger partial charge is 0.0385 e. The van der Waals surface area contributed by atoms with Gasteiger partial charge in [-0.2, -0.15) is 0 Å². The maximum absolute atomic E-state index is 6.48. The summed E-state index contributed by atoms with van der Waals surface area (Å²) in [5.74, 6) is 0. The van der Waals surface area contributed by atoms with Crippen molar-refractivity contribution >= 4 is 44.5 Å². The van der Waals surface area contributed by atoms with Crippen molar-refractivity contribution in [2.75, 3.05) is 0 Å². The summed E-state index contributed by atoms with van der Waals surface area (Å²) in [5, 5.41) is 6.33. The first-order chi connectivity index (χ1) is 12.2. The van der Waals surface area contributed by atoms with Crippen molar-refractivity contribution in [1.29, 1.82) is 0 Å². The van der Waals surface area contributed by atoms with Crippen molar-refractivity contribution in [3.05, 3.63) is 103 Å². The van der Waals surface area contributed by atoms with E-state index in [0.717, 1.165) is 0 Å². The Bertz CT molecular complexity index is 1030. The number of fused-ring (bicyclic) bond motifs is 1. The lowest BCUT2D eigenvalue weighted by atomic mass is 10.1. The predicted octanol–water partition coefficient (Wildman–Crippen LogP) is 4.90. The molecular formula is C23H19PS. The molecule has 0 saturated heterocycles.